The van der Waals surface area contributed by atoms with E-state index in [4.69, 9.17) is 0 Å². The predicted molar refractivity (Wildman–Crippen MR) is 94.3 cm³/mol. The lowest BCUT2D eigenvalue weighted by atomic mass is 10.4. The molecular formula is C13H21Cl2N5OS. The van der Waals surface area contributed by atoms with Crippen LogP contribution in [-0.2, 0) is 7.05 Å². The van der Waals surface area contributed by atoms with Crippen molar-refractivity contribution < 1.29 is 4.79 Å². The van der Waals surface area contributed by atoms with Crippen molar-refractivity contribution in [2.24, 2.45) is 7.05 Å². The molecule has 22 heavy (non-hydrogen) atoms. The van der Waals surface area contributed by atoms with Crippen molar-refractivity contribution in [2.75, 3.05) is 19.6 Å². The van der Waals surface area contributed by atoms with E-state index in [-0.39, 0.29) is 30.7 Å². The van der Waals surface area contributed by atoms with Crippen molar-refractivity contribution in [3.8, 4) is 10.6 Å². The number of aromatic nitrogens is 3. The largest absolute Gasteiger partial charge is 0.350 e. The van der Waals surface area contributed by atoms with Crippen LogP contribution >= 0.6 is 36.2 Å². The standard InChI is InChI=1S/C13H19N5OS.2ClH/c1-3-4-14-5-6-15-12(19)11-8-16-13(20-11)10-7-17-18(2)9-10;;/h7-9,14H,3-6H2,1-2H3,(H,15,19);2*1H. The van der Waals surface area contributed by atoms with E-state index in [1.807, 2.05) is 13.2 Å². The molecule has 0 aliphatic carbocycles. The number of carbonyl (C=O) groups excluding carboxylic acids is 1. The molecule has 0 aliphatic rings. The molecule has 0 spiro atoms. The summed E-state index contributed by atoms with van der Waals surface area (Å²) in [6.07, 6.45) is 6.34. The molecule has 1 amide bonds. The smallest absolute Gasteiger partial charge is 0.263 e. The summed E-state index contributed by atoms with van der Waals surface area (Å²) in [5, 5.41) is 11.0. The van der Waals surface area contributed by atoms with Crippen molar-refractivity contribution in [2.45, 2.75) is 13.3 Å². The van der Waals surface area contributed by atoms with E-state index in [0.29, 0.717) is 11.4 Å². The van der Waals surface area contributed by atoms with Crippen molar-refractivity contribution >= 4 is 42.1 Å². The van der Waals surface area contributed by atoms with Gasteiger partial charge in [-0.05, 0) is 13.0 Å². The molecule has 0 aliphatic heterocycles. The fourth-order valence-electron chi connectivity index (χ4n) is 1.70. The number of carbonyl (C=O) groups is 1. The molecule has 124 valence electrons. The number of halogens is 2. The van der Waals surface area contributed by atoms with Crippen LogP contribution in [0.5, 0.6) is 0 Å². The summed E-state index contributed by atoms with van der Waals surface area (Å²) in [6, 6.07) is 0. The first kappa shape index (κ1) is 20.9. The van der Waals surface area contributed by atoms with Gasteiger partial charge in [-0.1, -0.05) is 6.92 Å². The molecule has 2 rings (SSSR count). The number of thiazole rings is 1. The van der Waals surface area contributed by atoms with Gasteiger partial charge in [-0.3, -0.25) is 9.48 Å². The summed E-state index contributed by atoms with van der Waals surface area (Å²) >= 11 is 1.38. The van der Waals surface area contributed by atoms with Crippen LogP contribution in [0.25, 0.3) is 10.6 Å². The SMILES string of the molecule is CCCNCCNC(=O)c1cnc(-c2cnn(C)c2)s1.Cl.Cl. The minimum absolute atomic E-state index is 0. The fraction of sp³-hybridized carbons (Fsp3) is 0.462. The molecule has 0 bridgehead atoms. The Morgan fingerprint density at radius 3 is 2.68 bits per heavy atom. The van der Waals surface area contributed by atoms with Crippen LogP contribution in [-0.4, -0.2) is 40.3 Å². The zero-order chi connectivity index (χ0) is 14.4. The van der Waals surface area contributed by atoms with E-state index in [9.17, 15) is 4.79 Å². The highest BCUT2D eigenvalue weighted by atomic mass is 35.5. The van der Waals surface area contributed by atoms with Gasteiger partial charge in [0.25, 0.3) is 5.91 Å². The molecule has 2 N–H and O–H groups in total. The molecule has 0 unspecified atom stereocenters. The quantitative estimate of drug-likeness (QED) is 0.737. The molecule has 6 nitrogen and oxygen atoms in total. The lowest BCUT2D eigenvalue weighted by molar-refractivity contribution is 0.0958. The molecule has 2 aromatic heterocycles. The van der Waals surface area contributed by atoms with Crippen LogP contribution in [0.15, 0.2) is 18.6 Å². The molecule has 0 aromatic carbocycles. The van der Waals surface area contributed by atoms with E-state index in [1.165, 1.54) is 11.3 Å². The van der Waals surface area contributed by atoms with Gasteiger partial charge < -0.3 is 10.6 Å². The number of hydrogen-bond donors (Lipinski definition) is 2. The normalized spacial score (nSPS) is 9.73. The van der Waals surface area contributed by atoms with Gasteiger partial charge in [0.05, 0.1) is 12.4 Å². The predicted octanol–water partition coefficient (Wildman–Crippen LogP) is 2.12. The third-order valence-electron chi connectivity index (χ3n) is 2.70. The summed E-state index contributed by atoms with van der Waals surface area (Å²) < 4.78 is 1.72. The van der Waals surface area contributed by atoms with E-state index in [0.717, 1.165) is 30.1 Å². The Morgan fingerprint density at radius 2 is 2.05 bits per heavy atom. The number of hydrogen-bond acceptors (Lipinski definition) is 5. The zero-order valence-corrected chi connectivity index (χ0v) is 15.0. The number of amides is 1. The highest BCUT2D eigenvalue weighted by Crippen LogP contribution is 2.24. The average molecular weight is 366 g/mol. The third kappa shape index (κ3) is 5.92. The average Bonchev–Trinajstić information content (AvgIpc) is 3.06. The van der Waals surface area contributed by atoms with Crippen LogP contribution in [0.2, 0.25) is 0 Å². The minimum Gasteiger partial charge on any atom is -0.350 e. The number of rotatable bonds is 7. The maximum Gasteiger partial charge on any atom is 0.263 e. The van der Waals surface area contributed by atoms with Gasteiger partial charge in [0.15, 0.2) is 0 Å². The molecule has 0 fully saturated rings. The molecule has 0 saturated heterocycles. The topological polar surface area (TPSA) is 71.8 Å². The van der Waals surface area contributed by atoms with Crippen molar-refractivity contribution in [3.05, 3.63) is 23.5 Å². The van der Waals surface area contributed by atoms with Crippen molar-refractivity contribution in [1.29, 1.82) is 0 Å². The fourth-order valence-corrected chi connectivity index (χ4v) is 2.50. The first-order valence-corrected chi connectivity index (χ1v) is 7.46. The van der Waals surface area contributed by atoms with Crippen LogP contribution in [0.1, 0.15) is 23.0 Å². The molecule has 2 aromatic rings. The van der Waals surface area contributed by atoms with Crippen LogP contribution < -0.4 is 10.6 Å². The second-order valence-electron chi connectivity index (χ2n) is 4.44. The highest BCUT2D eigenvalue weighted by Gasteiger charge is 2.12. The molecule has 0 atom stereocenters. The maximum absolute atomic E-state index is 11.9. The Bertz CT molecular complexity index is 572. The second kappa shape index (κ2) is 10.6. The van der Waals surface area contributed by atoms with Crippen LogP contribution in [0, 0.1) is 0 Å². The summed E-state index contributed by atoms with van der Waals surface area (Å²) in [5.41, 5.74) is 0.932. The molecule has 2 heterocycles. The lowest BCUT2D eigenvalue weighted by Crippen LogP contribution is -2.31. The van der Waals surface area contributed by atoms with Crippen molar-refractivity contribution in [3.63, 3.8) is 0 Å². The minimum atomic E-state index is -0.0732. The Morgan fingerprint density at radius 1 is 1.27 bits per heavy atom. The summed E-state index contributed by atoms with van der Waals surface area (Å²) in [5.74, 6) is -0.0732. The Hall–Kier alpha value is -1.15. The molecule has 9 heteroatoms. The van der Waals surface area contributed by atoms with Gasteiger partial charge >= 0.3 is 0 Å². The number of nitrogens with one attached hydrogen (secondary N) is 2. The monoisotopic (exact) mass is 365 g/mol. The van der Waals surface area contributed by atoms with Gasteiger partial charge in [0.2, 0.25) is 0 Å². The Kier molecular flexibility index (Phi) is 10.0. The second-order valence-corrected chi connectivity index (χ2v) is 5.47. The van der Waals surface area contributed by atoms with E-state index < -0.39 is 0 Å². The van der Waals surface area contributed by atoms with E-state index >= 15 is 0 Å². The third-order valence-corrected chi connectivity index (χ3v) is 3.74. The maximum atomic E-state index is 11.9. The summed E-state index contributed by atoms with van der Waals surface area (Å²) in [4.78, 5) is 16.8. The summed E-state index contributed by atoms with van der Waals surface area (Å²) in [7, 11) is 1.86. The van der Waals surface area contributed by atoms with Crippen LogP contribution in [0.3, 0.4) is 0 Å². The van der Waals surface area contributed by atoms with Gasteiger partial charge in [0, 0.05) is 31.9 Å². The van der Waals surface area contributed by atoms with E-state index in [2.05, 4.69) is 27.6 Å². The van der Waals surface area contributed by atoms with Gasteiger partial charge in [-0.15, -0.1) is 36.2 Å². The highest BCUT2D eigenvalue weighted by molar-refractivity contribution is 7.16. The number of aryl methyl sites for hydroxylation is 1. The van der Waals surface area contributed by atoms with Gasteiger partial charge in [-0.25, -0.2) is 4.98 Å². The van der Waals surface area contributed by atoms with Crippen molar-refractivity contribution in [1.82, 2.24) is 25.4 Å². The first-order valence-electron chi connectivity index (χ1n) is 6.64. The Balaban J connectivity index is 0.00000220. The van der Waals surface area contributed by atoms with Gasteiger partial charge in [-0.2, -0.15) is 5.10 Å². The first-order chi connectivity index (χ1) is 9.70. The molecular weight excluding hydrogens is 345 g/mol. The lowest BCUT2D eigenvalue weighted by Gasteiger charge is -2.04. The number of nitrogens with zero attached hydrogens (tertiary/aromatic N) is 3. The molecule has 0 radical (unpaired) electrons. The zero-order valence-electron chi connectivity index (χ0n) is 12.5. The molecule has 0 saturated carbocycles. The van der Waals surface area contributed by atoms with E-state index in [1.54, 1.807) is 17.1 Å². The summed E-state index contributed by atoms with van der Waals surface area (Å²) in [6.45, 7) is 4.50. The Labute approximate surface area is 146 Å². The van der Waals surface area contributed by atoms with Crippen LogP contribution in [0.4, 0.5) is 0 Å². The van der Waals surface area contributed by atoms with Gasteiger partial charge in [0.1, 0.15) is 9.88 Å².